The fraction of sp³-hybridized carbons (Fsp3) is 0.364. The van der Waals surface area contributed by atoms with Gasteiger partial charge in [-0.2, -0.15) is 4.98 Å². The van der Waals surface area contributed by atoms with Crippen molar-refractivity contribution in [2.75, 3.05) is 23.4 Å². The fourth-order valence-electron chi connectivity index (χ4n) is 4.68. The molecule has 0 saturated carbocycles. The zero-order valence-electron chi connectivity index (χ0n) is 16.7. The van der Waals surface area contributed by atoms with E-state index >= 15 is 0 Å². The molecule has 1 aromatic carbocycles. The first-order valence-corrected chi connectivity index (χ1v) is 10.2. The summed E-state index contributed by atoms with van der Waals surface area (Å²) in [5.74, 6) is 2.35. The molecule has 5 rings (SSSR count). The van der Waals surface area contributed by atoms with Gasteiger partial charge in [0.05, 0.1) is 6.20 Å². The Morgan fingerprint density at radius 3 is 2.76 bits per heavy atom. The molecule has 1 amide bonds. The summed E-state index contributed by atoms with van der Waals surface area (Å²) in [7, 11) is 1.83. The van der Waals surface area contributed by atoms with Gasteiger partial charge < -0.3 is 9.80 Å². The van der Waals surface area contributed by atoms with Crippen LogP contribution in [-0.4, -0.2) is 44.6 Å². The van der Waals surface area contributed by atoms with Gasteiger partial charge in [0, 0.05) is 31.5 Å². The molecule has 0 spiro atoms. The van der Waals surface area contributed by atoms with E-state index in [0.717, 1.165) is 55.1 Å². The number of amides is 1. The molecule has 2 aliphatic rings. The van der Waals surface area contributed by atoms with Crippen molar-refractivity contribution in [3.05, 3.63) is 48.9 Å². The van der Waals surface area contributed by atoms with Crippen LogP contribution in [0.1, 0.15) is 32.6 Å². The van der Waals surface area contributed by atoms with Crippen LogP contribution in [0.2, 0.25) is 0 Å². The summed E-state index contributed by atoms with van der Waals surface area (Å²) in [6.45, 7) is 2.94. The average molecular weight is 388 g/mol. The molecule has 2 aliphatic heterocycles. The summed E-state index contributed by atoms with van der Waals surface area (Å²) in [6, 6.07) is 10.0. The normalized spacial score (nSPS) is 21.1. The number of nitrogens with zero attached hydrogens (tertiary/aromatic N) is 6. The van der Waals surface area contributed by atoms with Crippen molar-refractivity contribution in [3.8, 4) is 17.3 Å². The van der Waals surface area contributed by atoms with Crippen LogP contribution in [0.4, 0.5) is 11.5 Å². The highest BCUT2D eigenvalue weighted by Crippen LogP contribution is 2.44. The minimum atomic E-state index is -0.497. The van der Waals surface area contributed by atoms with Crippen LogP contribution < -0.4 is 9.80 Å². The predicted octanol–water partition coefficient (Wildman–Crippen LogP) is 3.44. The summed E-state index contributed by atoms with van der Waals surface area (Å²) in [5, 5.41) is 0. The smallest absolute Gasteiger partial charge is 0.252 e. The van der Waals surface area contributed by atoms with Crippen molar-refractivity contribution in [3.63, 3.8) is 0 Å². The van der Waals surface area contributed by atoms with Crippen molar-refractivity contribution >= 4 is 17.4 Å². The van der Waals surface area contributed by atoms with Crippen molar-refractivity contribution in [1.82, 2.24) is 19.5 Å². The third-order valence-corrected chi connectivity index (χ3v) is 6.27. The van der Waals surface area contributed by atoms with Crippen molar-refractivity contribution < 1.29 is 4.79 Å². The molecule has 0 unspecified atom stereocenters. The zero-order valence-corrected chi connectivity index (χ0v) is 16.7. The third-order valence-electron chi connectivity index (χ3n) is 6.27. The maximum atomic E-state index is 13.2. The number of rotatable bonds is 3. The molecule has 148 valence electrons. The quantitative estimate of drug-likeness (QED) is 0.688. The number of carbonyl (C=O) groups excluding carboxylic acids is 1. The van der Waals surface area contributed by atoms with Crippen molar-refractivity contribution in [2.24, 2.45) is 0 Å². The number of hydrogen-bond acceptors (Lipinski definition) is 5. The topological polar surface area (TPSA) is 67.2 Å². The number of anilines is 2. The van der Waals surface area contributed by atoms with Gasteiger partial charge >= 0.3 is 0 Å². The molecule has 4 heterocycles. The number of benzene rings is 1. The van der Waals surface area contributed by atoms with Gasteiger partial charge in [0.1, 0.15) is 17.1 Å². The molecule has 1 fully saturated rings. The van der Waals surface area contributed by atoms with Gasteiger partial charge in [-0.1, -0.05) is 37.3 Å². The van der Waals surface area contributed by atoms with Gasteiger partial charge in [0.15, 0.2) is 5.82 Å². The molecule has 1 atom stereocenters. The average Bonchev–Trinajstić information content (AvgIpc) is 3.27. The first kappa shape index (κ1) is 17.8. The molecular formula is C22H24N6O. The molecule has 0 aliphatic carbocycles. The minimum Gasteiger partial charge on any atom is -0.340 e. The Hall–Kier alpha value is -3.22. The van der Waals surface area contributed by atoms with Gasteiger partial charge in [-0.25, -0.2) is 9.97 Å². The fourth-order valence-corrected chi connectivity index (χ4v) is 4.68. The summed E-state index contributed by atoms with van der Waals surface area (Å²) < 4.78 is 1.91. The molecule has 2 aromatic heterocycles. The number of aromatic nitrogens is 4. The van der Waals surface area contributed by atoms with Crippen LogP contribution in [0, 0.1) is 0 Å². The van der Waals surface area contributed by atoms with E-state index < -0.39 is 5.54 Å². The number of fused-ring (bicyclic) bond motifs is 3. The van der Waals surface area contributed by atoms with Gasteiger partial charge in [-0.05, 0) is 25.7 Å². The Bertz CT molecular complexity index is 1060. The van der Waals surface area contributed by atoms with E-state index in [0.29, 0.717) is 5.95 Å². The predicted molar refractivity (Wildman–Crippen MR) is 112 cm³/mol. The van der Waals surface area contributed by atoms with E-state index in [9.17, 15) is 4.79 Å². The molecule has 7 heteroatoms. The van der Waals surface area contributed by atoms with E-state index in [-0.39, 0.29) is 5.91 Å². The number of carbonyl (C=O) groups is 1. The maximum absolute atomic E-state index is 13.2. The second-order valence-electron chi connectivity index (χ2n) is 7.72. The first-order valence-electron chi connectivity index (χ1n) is 10.2. The van der Waals surface area contributed by atoms with Crippen LogP contribution >= 0.6 is 0 Å². The van der Waals surface area contributed by atoms with E-state index in [1.54, 1.807) is 17.3 Å². The summed E-state index contributed by atoms with van der Waals surface area (Å²) in [4.78, 5) is 31.2. The molecule has 0 bridgehead atoms. The van der Waals surface area contributed by atoms with Gasteiger partial charge in [0.25, 0.3) is 5.91 Å². The van der Waals surface area contributed by atoms with Crippen LogP contribution in [0.5, 0.6) is 0 Å². The number of hydrogen-bond donors (Lipinski definition) is 0. The van der Waals surface area contributed by atoms with E-state index in [1.807, 2.05) is 48.1 Å². The molecular weight excluding hydrogens is 364 g/mol. The number of likely N-dealkylation sites (N-methyl/N-ethyl adjacent to an activating group) is 1. The molecule has 3 aromatic rings. The van der Waals surface area contributed by atoms with Crippen LogP contribution in [0.15, 0.2) is 48.9 Å². The molecule has 7 nitrogen and oxygen atoms in total. The van der Waals surface area contributed by atoms with Gasteiger partial charge in [0.2, 0.25) is 5.95 Å². The minimum absolute atomic E-state index is 0.149. The van der Waals surface area contributed by atoms with E-state index in [2.05, 4.69) is 21.8 Å². The molecule has 1 saturated heterocycles. The standard InChI is InChI=1S/C22H24N6O/c1-3-22-11-7-8-13-28(22)19-17(26(2)20(22)29)15-24-21(25-19)27-14-12-23-18(27)16-9-5-4-6-10-16/h4-6,9-10,12,14-15H,3,7-8,11,13H2,1-2H3/t22-/m1/s1. The molecule has 0 radical (unpaired) electrons. The van der Waals surface area contributed by atoms with Crippen molar-refractivity contribution in [2.45, 2.75) is 38.1 Å². The largest absolute Gasteiger partial charge is 0.340 e. The monoisotopic (exact) mass is 388 g/mol. The van der Waals surface area contributed by atoms with Gasteiger partial charge in [-0.15, -0.1) is 0 Å². The van der Waals surface area contributed by atoms with Crippen LogP contribution in [0.3, 0.4) is 0 Å². The third kappa shape index (κ3) is 2.57. The molecule has 0 N–H and O–H groups in total. The zero-order chi connectivity index (χ0) is 20.0. The summed E-state index contributed by atoms with van der Waals surface area (Å²) in [6.07, 6.45) is 9.18. The highest BCUT2D eigenvalue weighted by molar-refractivity contribution is 6.07. The Morgan fingerprint density at radius 2 is 1.97 bits per heavy atom. The van der Waals surface area contributed by atoms with Gasteiger partial charge in [-0.3, -0.25) is 9.36 Å². The number of imidazole rings is 1. The summed E-state index contributed by atoms with van der Waals surface area (Å²) in [5.41, 5.74) is 1.28. The lowest BCUT2D eigenvalue weighted by molar-refractivity contribution is -0.124. The lowest BCUT2D eigenvalue weighted by atomic mass is 9.81. The molecule has 29 heavy (non-hydrogen) atoms. The highest BCUT2D eigenvalue weighted by Gasteiger charge is 2.51. The maximum Gasteiger partial charge on any atom is 0.252 e. The van der Waals surface area contributed by atoms with Crippen molar-refractivity contribution in [1.29, 1.82) is 0 Å². The van der Waals surface area contributed by atoms with Crippen LogP contribution in [-0.2, 0) is 4.79 Å². The SMILES string of the molecule is CC[C@]12CCCCN1c1nc(-n3ccnc3-c3ccccc3)ncc1N(C)C2=O. The Morgan fingerprint density at radius 1 is 1.14 bits per heavy atom. The lowest BCUT2D eigenvalue weighted by Gasteiger charge is -2.51. The lowest BCUT2D eigenvalue weighted by Crippen LogP contribution is -2.64. The Kier molecular flexibility index (Phi) is 4.12. The van der Waals surface area contributed by atoms with Crippen LogP contribution in [0.25, 0.3) is 17.3 Å². The second-order valence-corrected chi connectivity index (χ2v) is 7.72. The van der Waals surface area contributed by atoms with E-state index in [4.69, 9.17) is 4.98 Å². The number of piperidine rings is 1. The Labute approximate surface area is 170 Å². The highest BCUT2D eigenvalue weighted by atomic mass is 16.2. The second kappa shape index (κ2) is 6.69. The first-order chi connectivity index (χ1) is 14.2. The summed E-state index contributed by atoms with van der Waals surface area (Å²) >= 11 is 0. The van der Waals surface area contributed by atoms with E-state index in [1.165, 1.54) is 0 Å². The Balaban J connectivity index is 1.65.